The summed E-state index contributed by atoms with van der Waals surface area (Å²) in [4.78, 5) is 0. The van der Waals surface area contributed by atoms with Gasteiger partial charge >= 0.3 is 0 Å². The van der Waals surface area contributed by atoms with E-state index in [4.69, 9.17) is 0 Å². The van der Waals surface area contributed by atoms with Crippen LogP contribution < -0.4 is 0 Å². The van der Waals surface area contributed by atoms with E-state index in [0.29, 0.717) is 17.3 Å². The molecule has 0 heterocycles. The lowest BCUT2D eigenvalue weighted by Gasteiger charge is -2.58. The predicted octanol–water partition coefficient (Wildman–Crippen LogP) is 3.42. The number of hydrogen-bond acceptors (Lipinski definition) is 3. The van der Waals surface area contributed by atoms with Gasteiger partial charge in [0.25, 0.3) is 0 Å². The first-order chi connectivity index (χ1) is 11.8. The summed E-state index contributed by atoms with van der Waals surface area (Å²) in [5.74, 6) is 1.67. The molecule has 4 fully saturated rings. The van der Waals surface area contributed by atoms with Gasteiger partial charge < -0.3 is 15.3 Å². The lowest BCUT2D eigenvalue weighted by Crippen LogP contribution is -2.51. The fraction of sp³-hybridized carbons (Fsp3) is 0.909. The van der Waals surface area contributed by atoms with Crippen LogP contribution in [-0.4, -0.2) is 33.1 Å². The normalized spacial score (nSPS) is 56.4. The van der Waals surface area contributed by atoms with Crippen molar-refractivity contribution in [2.75, 3.05) is 0 Å². The Hall–Kier alpha value is -0.380. The zero-order chi connectivity index (χ0) is 17.6. The van der Waals surface area contributed by atoms with Crippen LogP contribution in [0, 0.1) is 34.5 Å². The Balaban J connectivity index is 1.51. The van der Waals surface area contributed by atoms with E-state index in [-0.39, 0.29) is 29.5 Å². The molecule has 5 rings (SSSR count). The summed E-state index contributed by atoms with van der Waals surface area (Å²) < 4.78 is 0. The minimum atomic E-state index is -0.492. The Morgan fingerprint density at radius 2 is 1.68 bits per heavy atom. The molecule has 140 valence electrons. The van der Waals surface area contributed by atoms with E-state index < -0.39 is 5.60 Å². The van der Waals surface area contributed by atoms with Crippen LogP contribution in [0.3, 0.4) is 0 Å². The molecule has 0 spiro atoms. The van der Waals surface area contributed by atoms with Crippen LogP contribution in [0.25, 0.3) is 0 Å². The van der Waals surface area contributed by atoms with Crippen molar-refractivity contribution in [3.63, 3.8) is 0 Å². The number of allylic oxidation sites excluding steroid dienone is 1. The molecular weight excluding hydrogens is 312 g/mol. The Bertz CT molecular complexity index is 608. The third kappa shape index (κ3) is 2.15. The first-order valence-electron chi connectivity index (χ1n) is 10.6. The van der Waals surface area contributed by atoms with Crippen molar-refractivity contribution >= 4 is 0 Å². The van der Waals surface area contributed by atoms with Gasteiger partial charge in [-0.1, -0.05) is 25.5 Å². The van der Waals surface area contributed by atoms with E-state index >= 15 is 0 Å². The molecule has 5 aliphatic rings. The molecule has 0 bridgehead atoms. The van der Waals surface area contributed by atoms with Gasteiger partial charge in [0.05, 0.1) is 17.8 Å². The second kappa shape index (κ2) is 5.11. The van der Waals surface area contributed by atoms with Gasteiger partial charge in [-0.05, 0) is 86.4 Å². The largest absolute Gasteiger partial charge is 0.393 e. The Kier molecular flexibility index (Phi) is 3.43. The standard InChI is InChI=1S/C22H34O3/c1-20-7-5-14(23)11-13(20)3-4-15-16(20)6-8-21(2)18(22(25)9-10-22)12-17(24)19(15)21/h4,13-14,16-19,23-25H,3,5-12H2,1-2H3. The van der Waals surface area contributed by atoms with E-state index in [0.717, 1.165) is 51.4 Å². The smallest absolute Gasteiger partial charge is 0.0684 e. The molecule has 0 saturated heterocycles. The molecule has 0 amide bonds. The maximum atomic E-state index is 11.0. The molecule has 0 aromatic carbocycles. The first kappa shape index (κ1) is 16.8. The highest BCUT2D eigenvalue weighted by atomic mass is 16.3. The molecule has 3 heteroatoms. The van der Waals surface area contributed by atoms with Crippen LogP contribution in [0.15, 0.2) is 11.6 Å². The van der Waals surface area contributed by atoms with Gasteiger partial charge in [0.2, 0.25) is 0 Å². The highest BCUT2D eigenvalue weighted by molar-refractivity contribution is 5.30. The van der Waals surface area contributed by atoms with Crippen molar-refractivity contribution in [2.24, 2.45) is 34.5 Å². The number of aliphatic hydroxyl groups excluding tert-OH is 2. The van der Waals surface area contributed by atoms with Crippen molar-refractivity contribution in [3.8, 4) is 0 Å². The molecule has 8 unspecified atom stereocenters. The van der Waals surface area contributed by atoms with E-state index in [1.165, 1.54) is 12.0 Å². The van der Waals surface area contributed by atoms with Crippen molar-refractivity contribution in [1.29, 1.82) is 0 Å². The Labute approximate surface area is 151 Å². The van der Waals surface area contributed by atoms with Gasteiger partial charge in [0, 0.05) is 5.92 Å². The molecule has 0 radical (unpaired) electrons. The number of hydrogen-bond donors (Lipinski definition) is 3. The van der Waals surface area contributed by atoms with Crippen LogP contribution in [0.4, 0.5) is 0 Å². The summed E-state index contributed by atoms with van der Waals surface area (Å²) >= 11 is 0. The quantitative estimate of drug-likeness (QED) is 0.638. The minimum absolute atomic E-state index is 0.0599. The lowest BCUT2D eigenvalue weighted by atomic mass is 9.47. The molecule has 0 aromatic heterocycles. The van der Waals surface area contributed by atoms with Crippen LogP contribution in [0.1, 0.15) is 71.6 Å². The molecule has 0 aliphatic heterocycles. The fourth-order valence-electron chi connectivity index (χ4n) is 7.86. The highest BCUT2D eigenvalue weighted by Crippen LogP contribution is 2.69. The second-order valence-corrected chi connectivity index (χ2v) is 10.6. The van der Waals surface area contributed by atoms with Crippen LogP contribution in [0.5, 0.6) is 0 Å². The van der Waals surface area contributed by atoms with E-state index in [1.807, 2.05) is 0 Å². The third-order valence-corrected chi connectivity index (χ3v) is 9.45. The zero-order valence-electron chi connectivity index (χ0n) is 15.7. The Morgan fingerprint density at radius 1 is 0.960 bits per heavy atom. The van der Waals surface area contributed by atoms with Crippen molar-refractivity contribution in [3.05, 3.63) is 11.6 Å². The van der Waals surface area contributed by atoms with Gasteiger partial charge in [-0.25, -0.2) is 0 Å². The molecule has 0 aromatic rings. The molecule has 8 atom stereocenters. The molecule has 3 nitrogen and oxygen atoms in total. The van der Waals surface area contributed by atoms with Gasteiger partial charge in [0.1, 0.15) is 0 Å². The fourth-order valence-corrected chi connectivity index (χ4v) is 7.86. The number of rotatable bonds is 1. The van der Waals surface area contributed by atoms with Crippen molar-refractivity contribution in [1.82, 2.24) is 0 Å². The molecule has 3 N–H and O–H groups in total. The summed E-state index contributed by atoms with van der Waals surface area (Å²) in [7, 11) is 0. The molecule has 5 aliphatic carbocycles. The maximum Gasteiger partial charge on any atom is 0.0684 e. The number of aliphatic hydroxyl groups is 3. The lowest BCUT2D eigenvalue weighted by molar-refractivity contribution is -0.0591. The second-order valence-electron chi connectivity index (χ2n) is 10.6. The zero-order valence-corrected chi connectivity index (χ0v) is 15.7. The Morgan fingerprint density at radius 3 is 2.40 bits per heavy atom. The third-order valence-electron chi connectivity index (χ3n) is 9.45. The minimum Gasteiger partial charge on any atom is -0.393 e. The average Bonchev–Trinajstić information content (AvgIpc) is 3.24. The summed E-state index contributed by atoms with van der Waals surface area (Å²) in [6.45, 7) is 4.81. The average molecular weight is 347 g/mol. The SMILES string of the molecule is CC12CCC(O)CC1CC=C1C2CCC2(C)C1C(O)CC2C1(O)CC1. The monoisotopic (exact) mass is 346 g/mol. The molecular formula is C22H34O3. The van der Waals surface area contributed by atoms with Crippen LogP contribution in [-0.2, 0) is 0 Å². The highest BCUT2D eigenvalue weighted by Gasteiger charge is 2.66. The van der Waals surface area contributed by atoms with E-state index in [9.17, 15) is 15.3 Å². The van der Waals surface area contributed by atoms with E-state index in [1.54, 1.807) is 0 Å². The van der Waals surface area contributed by atoms with Gasteiger partial charge in [-0.15, -0.1) is 0 Å². The summed E-state index contributed by atoms with van der Waals surface area (Å²) in [6.07, 6.45) is 11.1. The van der Waals surface area contributed by atoms with Gasteiger partial charge in [0.15, 0.2) is 0 Å². The first-order valence-corrected chi connectivity index (χ1v) is 10.6. The molecule has 25 heavy (non-hydrogen) atoms. The summed E-state index contributed by atoms with van der Waals surface area (Å²) in [5, 5.41) is 32.0. The van der Waals surface area contributed by atoms with Crippen LogP contribution in [0.2, 0.25) is 0 Å². The summed E-state index contributed by atoms with van der Waals surface area (Å²) in [6, 6.07) is 0. The van der Waals surface area contributed by atoms with Crippen molar-refractivity contribution < 1.29 is 15.3 Å². The van der Waals surface area contributed by atoms with Crippen molar-refractivity contribution in [2.45, 2.75) is 89.4 Å². The summed E-state index contributed by atoms with van der Waals surface area (Å²) in [5.41, 5.74) is 1.38. The topological polar surface area (TPSA) is 60.7 Å². The molecule has 4 saturated carbocycles. The van der Waals surface area contributed by atoms with E-state index in [2.05, 4.69) is 19.9 Å². The van der Waals surface area contributed by atoms with Gasteiger partial charge in [-0.3, -0.25) is 0 Å². The maximum absolute atomic E-state index is 11.0. The predicted molar refractivity (Wildman–Crippen MR) is 96.8 cm³/mol. The number of fused-ring (bicyclic) bond motifs is 5. The van der Waals surface area contributed by atoms with Crippen LogP contribution >= 0.6 is 0 Å². The van der Waals surface area contributed by atoms with Gasteiger partial charge in [-0.2, -0.15) is 0 Å².